The molecule has 0 aliphatic heterocycles. The van der Waals surface area contributed by atoms with Crippen molar-refractivity contribution in [1.29, 1.82) is 0 Å². The van der Waals surface area contributed by atoms with Crippen molar-refractivity contribution in [2.45, 2.75) is 65.6 Å². The molecule has 1 aromatic rings. The smallest absolute Gasteiger partial charge is 0.0662 e. The number of rotatable bonds is 9. The fourth-order valence-electron chi connectivity index (χ4n) is 2.24. The Morgan fingerprint density at radius 2 is 2.11 bits per heavy atom. The summed E-state index contributed by atoms with van der Waals surface area (Å²) in [6.07, 6.45) is 5.00. The number of hydrogen-bond donors (Lipinski definition) is 1. The van der Waals surface area contributed by atoms with E-state index < -0.39 is 0 Å². The molecule has 1 aromatic heterocycles. The van der Waals surface area contributed by atoms with Crippen LogP contribution in [0.2, 0.25) is 0 Å². The average Bonchev–Trinajstić information content (AvgIpc) is 3.17. The summed E-state index contributed by atoms with van der Waals surface area (Å²) >= 11 is 0. The number of aromatic nitrogens is 2. The van der Waals surface area contributed by atoms with E-state index >= 15 is 0 Å². The maximum absolute atomic E-state index is 5.61. The van der Waals surface area contributed by atoms with Gasteiger partial charge in [-0.25, -0.2) is 0 Å². The highest BCUT2D eigenvalue weighted by molar-refractivity contribution is 5.24. The van der Waals surface area contributed by atoms with Crippen LogP contribution in [0.5, 0.6) is 0 Å². The molecule has 2 rings (SSSR count). The molecule has 0 unspecified atom stereocenters. The van der Waals surface area contributed by atoms with Crippen LogP contribution in [0.4, 0.5) is 0 Å². The quantitative estimate of drug-likeness (QED) is 0.698. The van der Waals surface area contributed by atoms with Gasteiger partial charge in [0, 0.05) is 30.5 Å². The molecule has 19 heavy (non-hydrogen) atoms. The van der Waals surface area contributed by atoms with Gasteiger partial charge < -0.3 is 10.1 Å². The maximum Gasteiger partial charge on any atom is 0.0662 e. The zero-order valence-corrected chi connectivity index (χ0v) is 12.5. The van der Waals surface area contributed by atoms with Crippen LogP contribution in [0.3, 0.4) is 0 Å². The largest absolute Gasteiger partial charge is 0.380 e. The summed E-state index contributed by atoms with van der Waals surface area (Å²) in [5.74, 6) is 0. The highest BCUT2D eigenvalue weighted by Crippen LogP contribution is 2.21. The Kier molecular flexibility index (Phi) is 5.40. The number of nitrogens with zero attached hydrogens (tertiary/aromatic N) is 2. The summed E-state index contributed by atoms with van der Waals surface area (Å²) in [6.45, 7) is 9.90. The molecule has 0 radical (unpaired) electrons. The summed E-state index contributed by atoms with van der Waals surface area (Å²) in [7, 11) is 0. The molecule has 1 N–H and O–H groups in total. The first-order valence-corrected chi connectivity index (χ1v) is 7.56. The molecule has 0 bridgehead atoms. The molecule has 0 aromatic carbocycles. The SMILES string of the molecule is CCCCOCCn1nc(C)c(CNC2CC2)c1C. The lowest BCUT2D eigenvalue weighted by Crippen LogP contribution is -2.16. The van der Waals surface area contributed by atoms with E-state index in [9.17, 15) is 0 Å². The Labute approximate surface area is 116 Å². The Morgan fingerprint density at radius 3 is 2.79 bits per heavy atom. The number of unbranched alkanes of at least 4 members (excludes halogenated alkanes) is 1. The fraction of sp³-hybridized carbons (Fsp3) is 0.800. The van der Waals surface area contributed by atoms with E-state index in [0.29, 0.717) is 0 Å². The molecule has 1 fully saturated rings. The Bertz CT molecular complexity index is 396. The van der Waals surface area contributed by atoms with Gasteiger partial charge in [0.25, 0.3) is 0 Å². The van der Waals surface area contributed by atoms with Gasteiger partial charge in [0.15, 0.2) is 0 Å². The van der Waals surface area contributed by atoms with Crippen LogP contribution in [-0.2, 0) is 17.8 Å². The first-order valence-electron chi connectivity index (χ1n) is 7.56. The molecule has 0 spiro atoms. The summed E-state index contributed by atoms with van der Waals surface area (Å²) in [4.78, 5) is 0. The lowest BCUT2D eigenvalue weighted by Gasteiger charge is -2.07. The molecule has 1 aliphatic rings. The van der Waals surface area contributed by atoms with E-state index in [1.54, 1.807) is 0 Å². The molecule has 0 amide bonds. The van der Waals surface area contributed by atoms with E-state index in [-0.39, 0.29) is 0 Å². The van der Waals surface area contributed by atoms with Crippen molar-refractivity contribution in [3.63, 3.8) is 0 Å². The van der Waals surface area contributed by atoms with E-state index in [4.69, 9.17) is 4.74 Å². The van der Waals surface area contributed by atoms with Crippen molar-refractivity contribution >= 4 is 0 Å². The number of ether oxygens (including phenoxy) is 1. The lowest BCUT2D eigenvalue weighted by atomic mass is 10.2. The number of aryl methyl sites for hydroxylation is 1. The van der Waals surface area contributed by atoms with Crippen LogP contribution in [0.25, 0.3) is 0 Å². The fourth-order valence-corrected chi connectivity index (χ4v) is 2.24. The highest BCUT2D eigenvalue weighted by atomic mass is 16.5. The van der Waals surface area contributed by atoms with Crippen molar-refractivity contribution < 1.29 is 4.74 Å². The van der Waals surface area contributed by atoms with Crippen LogP contribution in [0.1, 0.15) is 49.6 Å². The molecule has 0 atom stereocenters. The Balaban J connectivity index is 1.80. The van der Waals surface area contributed by atoms with Crippen molar-refractivity contribution in [2.24, 2.45) is 0 Å². The second kappa shape index (κ2) is 7.06. The van der Waals surface area contributed by atoms with Gasteiger partial charge in [-0.2, -0.15) is 5.10 Å². The maximum atomic E-state index is 5.61. The van der Waals surface area contributed by atoms with Gasteiger partial charge in [-0.1, -0.05) is 13.3 Å². The molecule has 4 nitrogen and oxygen atoms in total. The Hall–Kier alpha value is -0.870. The third kappa shape index (κ3) is 4.32. The van der Waals surface area contributed by atoms with Crippen molar-refractivity contribution in [3.05, 3.63) is 17.0 Å². The summed E-state index contributed by atoms with van der Waals surface area (Å²) in [5, 5.41) is 8.19. The first-order chi connectivity index (χ1) is 9.22. The van der Waals surface area contributed by atoms with Gasteiger partial charge in [0.05, 0.1) is 18.8 Å². The number of hydrogen-bond acceptors (Lipinski definition) is 3. The van der Waals surface area contributed by atoms with Gasteiger partial charge in [-0.3, -0.25) is 4.68 Å². The minimum absolute atomic E-state index is 0.750. The second-order valence-corrected chi connectivity index (χ2v) is 5.49. The molecule has 0 saturated heterocycles. The predicted molar refractivity (Wildman–Crippen MR) is 77.3 cm³/mol. The first kappa shape index (κ1) is 14.5. The standard InChI is InChI=1S/C15H27N3O/c1-4-5-9-19-10-8-18-13(3)15(12(2)17-18)11-16-14-6-7-14/h14,16H,4-11H2,1-3H3. The minimum Gasteiger partial charge on any atom is -0.380 e. The molecular formula is C15H27N3O. The highest BCUT2D eigenvalue weighted by Gasteiger charge is 2.21. The Morgan fingerprint density at radius 1 is 1.32 bits per heavy atom. The van der Waals surface area contributed by atoms with Crippen LogP contribution >= 0.6 is 0 Å². The van der Waals surface area contributed by atoms with Crippen LogP contribution in [0.15, 0.2) is 0 Å². The van der Waals surface area contributed by atoms with Gasteiger partial charge in [0.2, 0.25) is 0 Å². The third-order valence-corrected chi connectivity index (χ3v) is 3.77. The normalized spacial score (nSPS) is 15.1. The average molecular weight is 265 g/mol. The summed E-state index contributed by atoms with van der Waals surface area (Å²) < 4.78 is 7.70. The van der Waals surface area contributed by atoms with Crippen molar-refractivity contribution in [3.8, 4) is 0 Å². The zero-order chi connectivity index (χ0) is 13.7. The molecule has 108 valence electrons. The molecule has 1 aliphatic carbocycles. The predicted octanol–water partition coefficient (Wildman–Crippen LogP) is 2.57. The monoisotopic (exact) mass is 265 g/mol. The van der Waals surface area contributed by atoms with Crippen LogP contribution < -0.4 is 5.32 Å². The van der Waals surface area contributed by atoms with Gasteiger partial charge in [0.1, 0.15) is 0 Å². The minimum atomic E-state index is 0.750. The zero-order valence-electron chi connectivity index (χ0n) is 12.5. The van der Waals surface area contributed by atoms with Crippen molar-refractivity contribution in [2.75, 3.05) is 13.2 Å². The topological polar surface area (TPSA) is 39.1 Å². The lowest BCUT2D eigenvalue weighted by molar-refractivity contribution is 0.120. The van der Waals surface area contributed by atoms with Crippen LogP contribution in [0, 0.1) is 13.8 Å². The van der Waals surface area contributed by atoms with E-state index in [0.717, 1.165) is 44.5 Å². The second-order valence-electron chi connectivity index (χ2n) is 5.49. The summed E-state index contributed by atoms with van der Waals surface area (Å²) in [5.41, 5.74) is 3.80. The van der Waals surface area contributed by atoms with Crippen molar-refractivity contribution in [1.82, 2.24) is 15.1 Å². The third-order valence-electron chi connectivity index (χ3n) is 3.77. The van der Waals surface area contributed by atoms with E-state index in [1.807, 2.05) is 0 Å². The van der Waals surface area contributed by atoms with Gasteiger partial charge in [-0.05, 0) is 33.1 Å². The molecule has 1 heterocycles. The molecular weight excluding hydrogens is 238 g/mol. The van der Waals surface area contributed by atoms with Crippen LogP contribution in [-0.4, -0.2) is 29.0 Å². The van der Waals surface area contributed by atoms with Gasteiger partial charge in [-0.15, -0.1) is 0 Å². The van der Waals surface area contributed by atoms with E-state index in [1.165, 1.54) is 30.5 Å². The van der Waals surface area contributed by atoms with Gasteiger partial charge >= 0.3 is 0 Å². The molecule has 4 heteroatoms. The molecule has 1 saturated carbocycles. The summed E-state index contributed by atoms with van der Waals surface area (Å²) in [6, 6.07) is 0.750. The van der Waals surface area contributed by atoms with E-state index in [2.05, 4.69) is 35.9 Å². The number of nitrogens with one attached hydrogen (secondary N) is 1.